The second kappa shape index (κ2) is 6.91. The maximum atomic E-state index is 12.8. The Bertz CT molecular complexity index is 683. The Hall–Kier alpha value is -2.21. The number of hydrogen-bond acceptors (Lipinski definition) is 5. The van der Waals surface area contributed by atoms with Gasteiger partial charge in [-0.05, 0) is 38.8 Å². The molecular weight excluding hydrogens is 294 g/mol. The van der Waals surface area contributed by atoms with Gasteiger partial charge in [0.1, 0.15) is 6.61 Å². The molecule has 23 heavy (non-hydrogen) atoms. The summed E-state index contributed by atoms with van der Waals surface area (Å²) in [7, 11) is 0. The van der Waals surface area contributed by atoms with E-state index in [1.165, 1.54) is 0 Å². The van der Waals surface area contributed by atoms with E-state index in [9.17, 15) is 4.79 Å². The molecule has 6 heteroatoms. The van der Waals surface area contributed by atoms with Crippen molar-refractivity contribution in [3.63, 3.8) is 0 Å². The summed E-state index contributed by atoms with van der Waals surface area (Å²) in [6.07, 6.45) is 1.79. The topological polar surface area (TPSA) is 68.5 Å². The van der Waals surface area contributed by atoms with Crippen molar-refractivity contribution in [2.24, 2.45) is 0 Å². The summed E-state index contributed by atoms with van der Waals surface area (Å²) in [5.74, 6) is 1.04. The van der Waals surface area contributed by atoms with E-state index in [4.69, 9.17) is 9.26 Å². The minimum absolute atomic E-state index is 0.0207. The Morgan fingerprint density at radius 2 is 2.35 bits per heavy atom. The quantitative estimate of drug-likeness (QED) is 0.848. The molecule has 1 aromatic heterocycles. The van der Waals surface area contributed by atoms with Crippen LogP contribution in [0.2, 0.25) is 0 Å². The lowest BCUT2D eigenvalue weighted by Gasteiger charge is -2.22. The predicted octanol–water partition coefficient (Wildman–Crippen LogP) is 2.89. The third-order valence-electron chi connectivity index (χ3n) is 3.99. The van der Waals surface area contributed by atoms with E-state index in [2.05, 4.69) is 10.1 Å². The van der Waals surface area contributed by atoms with Crippen molar-refractivity contribution in [2.45, 2.75) is 39.3 Å². The molecule has 0 aliphatic carbocycles. The van der Waals surface area contributed by atoms with Gasteiger partial charge in [-0.2, -0.15) is 4.98 Å². The number of aromatic nitrogens is 2. The third kappa shape index (κ3) is 3.42. The highest BCUT2D eigenvalue weighted by molar-refractivity contribution is 5.94. The molecule has 0 N–H and O–H groups in total. The molecule has 1 unspecified atom stereocenters. The van der Waals surface area contributed by atoms with Crippen LogP contribution < -0.4 is 0 Å². The summed E-state index contributed by atoms with van der Waals surface area (Å²) in [5, 5.41) is 4.03. The first-order valence-electron chi connectivity index (χ1n) is 7.97. The molecule has 1 aliphatic rings. The van der Waals surface area contributed by atoms with Crippen molar-refractivity contribution in [2.75, 3.05) is 13.2 Å². The zero-order valence-corrected chi connectivity index (χ0v) is 13.5. The molecule has 1 fully saturated rings. The highest BCUT2D eigenvalue weighted by Gasteiger charge is 2.33. The second-order valence-electron chi connectivity index (χ2n) is 5.71. The third-order valence-corrected chi connectivity index (χ3v) is 3.99. The van der Waals surface area contributed by atoms with E-state index >= 15 is 0 Å². The second-order valence-corrected chi connectivity index (χ2v) is 5.71. The van der Waals surface area contributed by atoms with Gasteiger partial charge in [-0.1, -0.05) is 22.9 Å². The number of carbonyl (C=O) groups is 1. The van der Waals surface area contributed by atoms with E-state index in [1.54, 1.807) is 0 Å². The van der Waals surface area contributed by atoms with Gasteiger partial charge in [0.15, 0.2) is 5.82 Å². The van der Waals surface area contributed by atoms with Gasteiger partial charge in [0.2, 0.25) is 0 Å². The fraction of sp³-hybridized carbons (Fsp3) is 0.471. The van der Waals surface area contributed by atoms with Gasteiger partial charge in [-0.15, -0.1) is 0 Å². The van der Waals surface area contributed by atoms with Gasteiger partial charge in [0.25, 0.3) is 11.8 Å². The lowest BCUT2D eigenvalue weighted by atomic mass is 10.1. The maximum Gasteiger partial charge on any atom is 0.254 e. The molecule has 1 aromatic carbocycles. The Balaban J connectivity index is 1.77. The molecule has 2 heterocycles. The molecule has 0 radical (unpaired) electrons. The number of ether oxygens (including phenoxy) is 1. The van der Waals surface area contributed by atoms with E-state index in [-0.39, 0.29) is 11.9 Å². The molecule has 1 saturated heterocycles. The average Bonchev–Trinajstić information content (AvgIpc) is 3.21. The van der Waals surface area contributed by atoms with Crippen LogP contribution in [0.25, 0.3) is 0 Å². The van der Waals surface area contributed by atoms with Crippen molar-refractivity contribution >= 4 is 5.91 Å². The molecule has 0 bridgehead atoms. The van der Waals surface area contributed by atoms with Gasteiger partial charge in [0, 0.05) is 18.7 Å². The fourth-order valence-corrected chi connectivity index (χ4v) is 2.87. The van der Waals surface area contributed by atoms with Gasteiger partial charge >= 0.3 is 0 Å². The number of aryl methyl sites for hydroxylation is 1. The first-order valence-corrected chi connectivity index (χ1v) is 7.97. The van der Waals surface area contributed by atoms with Crippen LogP contribution in [0.1, 0.15) is 53.4 Å². The van der Waals surface area contributed by atoms with Crippen LogP contribution in [0.4, 0.5) is 0 Å². The van der Waals surface area contributed by atoms with Crippen molar-refractivity contribution < 1.29 is 14.1 Å². The molecule has 2 aromatic rings. The van der Waals surface area contributed by atoms with Crippen LogP contribution in [0.3, 0.4) is 0 Å². The zero-order chi connectivity index (χ0) is 16.2. The fourth-order valence-electron chi connectivity index (χ4n) is 2.87. The number of likely N-dealkylation sites (tertiary alicyclic amines) is 1. The summed E-state index contributed by atoms with van der Waals surface area (Å²) in [6, 6.07) is 7.53. The van der Waals surface area contributed by atoms with E-state index in [0.717, 1.165) is 18.4 Å². The highest BCUT2D eigenvalue weighted by atomic mass is 16.5. The molecule has 1 aliphatic heterocycles. The number of benzene rings is 1. The minimum atomic E-state index is -0.123. The summed E-state index contributed by atoms with van der Waals surface area (Å²) < 4.78 is 10.5. The number of rotatable bonds is 5. The van der Waals surface area contributed by atoms with Crippen LogP contribution in [-0.4, -0.2) is 34.1 Å². The van der Waals surface area contributed by atoms with Crippen molar-refractivity contribution in [1.82, 2.24) is 15.0 Å². The van der Waals surface area contributed by atoms with Gasteiger partial charge in [-0.25, -0.2) is 0 Å². The van der Waals surface area contributed by atoms with Crippen LogP contribution in [0.15, 0.2) is 28.8 Å². The largest absolute Gasteiger partial charge is 0.372 e. The van der Waals surface area contributed by atoms with Crippen molar-refractivity contribution in [3.8, 4) is 0 Å². The molecule has 0 saturated carbocycles. The monoisotopic (exact) mass is 315 g/mol. The van der Waals surface area contributed by atoms with Crippen LogP contribution >= 0.6 is 0 Å². The van der Waals surface area contributed by atoms with Crippen molar-refractivity contribution in [1.29, 1.82) is 0 Å². The van der Waals surface area contributed by atoms with E-state index in [1.807, 2.05) is 43.0 Å². The maximum absolute atomic E-state index is 12.8. The molecule has 3 rings (SSSR count). The molecule has 1 atom stereocenters. The van der Waals surface area contributed by atoms with Crippen LogP contribution in [0.5, 0.6) is 0 Å². The van der Waals surface area contributed by atoms with E-state index in [0.29, 0.717) is 37.0 Å². The first kappa shape index (κ1) is 15.7. The normalized spacial score (nSPS) is 17.7. The molecule has 0 spiro atoms. The number of carbonyl (C=O) groups excluding carboxylic acids is 1. The molecule has 6 nitrogen and oxygen atoms in total. The SMILES string of the molecule is CCOCc1nc(C2CCCN2C(=O)c2cccc(C)c2)no1. The molecule has 1 amide bonds. The van der Waals surface area contributed by atoms with Gasteiger partial charge in [0.05, 0.1) is 6.04 Å². The Morgan fingerprint density at radius 3 is 3.13 bits per heavy atom. The number of hydrogen-bond donors (Lipinski definition) is 0. The summed E-state index contributed by atoms with van der Waals surface area (Å²) in [6.45, 7) is 5.52. The smallest absolute Gasteiger partial charge is 0.254 e. The minimum Gasteiger partial charge on any atom is -0.372 e. The van der Waals surface area contributed by atoms with Crippen LogP contribution in [-0.2, 0) is 11.3 Å². The Labute approximate surface area is 135 Å². The summed E-state index contributed by atoms with van der Waals surface area (Å²) >= 11 is 0. The number of nitrogens with zero attached hydrogens (tertiary/aromatic N) is 3. The van der Waals surface area contributed by atoms with Gasteiger partial charge < -0.3 is 14.2 Å². The summed E-state index contributed by atoms with van der Waals surface area (Å²) in [5.41, 5.74) is 1.78. The first-order chi connectivity index (χ1) is 11.2. The van der Waals surface area contributed by atoms with E-state index < -0.39 is 0 Å². The lowest BCUT2D eigenvalue weighted by Crippen LogP contribution is -2.31. The number of amides is 1. The highest BCUT2D eigenvalue weighted by Crippen LogP contribution is 2.31. The summed E-state index contributed by atoms with van der Waals surface area (Å²) in [4.78, 5) is 19.0. The van der Waals surface area contributed by atoms with Gasteiger partial charge in [-0.3, -0.25) is 4.79 Å². The molecule has 122 valence electrons. The Morgan fingerprint density at radius 1 is 1.48 bits per heavy atom. The molecular formula is C17H21N3O3. The predicted molar refractivity (Wildman–Crippen MR) is 83.8 cm³/mol. The van der Waals surface area contributed by atoms with Crippen molar-refractivity contribution in [3.05, 3.63) is 47.1 Å². The zero-order valence-electron chi connectivity index (χ0n) is 13.5. The average molecular weight is 315 g/mol. The standard InChI is InChI=1S/C17H21N3O3/c1-3-22-11-15-18-16(19-23-15)14-8-5-9-20(14)17(21)13-7-4-6-12(2)10-13/h4,6-7,10,14H,3,5,8-9,11H2,1-2H3. The Kier molecular flexibility index (Phi) is 4.71. The lowest BCUT2D eigenvalue weighted by molar-refractivity contribution is 0.0728. The van der Waals surface area contributed by atoms with Crippen LogP contribution in [0, 0.1) is 6.92 Å².